The lowest BCUT2D eigenvalue weighted by Gasteiger charge is -2.25. The van der Waals surface area contributed by atoms with Gasteiger partial charge in [0.15, 0.2) is 5.76 Å². The monoisotopic (exact) mass is 379 g/mol. The first-order chi connectivity index (χ1) is 11.6. The average Bonchev–Trinajstić information content (AvgIpc) is 3.13. The molecular weight excluding hydrogens is 367 g/mol. The van der Waals surface area contributed by atoms with Gasteiger partial charge in [0.1, 0.15) is 16.3 Å². The van der Waals surface area contributed by atoms with Crippen LogP contribution in [-0.4, -0.2) is 43.4 Å². The van der Waals surface area contributed by atoms with E-state index in [2.05, 4.69) is 15.0 Å². The van der Waals surface area contributed by atoms with Crippen molar-refractivity contribution >= 4 is 15.9 Å². The van der Waals surface area contributed by atoms with Crippen molar-refractivity contribution in [3.05, 3.63) is 23.7 Å². The summed E-state index contributed by atoms with van der Waals surface area (Å²) in [6, 6.07) is 1.68. The summed E-state index contributed by atoms with van der Waals surface area (Å²) in [6.07, 6.45) is -4.72. The van der Waals surface area contributed by atoms with Crippen LogP contribution < -0.4 is 5.32 Å². The van der Waals surface area contributed by atoms with Crippen LogP contribution in [0.1, 0.15) is 11.5 Å². The Balaban J connectivity index is 1.95. The fourth-order valence-corrected chi connectivity index (χ4v) is 3.89. The Morgan fingerprint density at radius 1 is 1.32 bits per heavy atom. The molecule has 0 spiro atoms. The number of amides is 1. The van der Waals surface area contributed by atoms with E-state index in [1.165, 1.54) is 6.92 Å². The summed E-state index contributed by atoms with van der Waals surface area (Å²) in [5, 5.41) is 5.75. The third-order valence-electron chi connectivity index (χ3n) is 3.54. The topological polar surface area (TPSA) is 106 Å². The van der Waals surface area contributed by atoms with E-state index in [-0.39, 0.29) is 41.7 Å². The predicted molar refractivity (Wildman–Crippen MR) is 75.7 cm³/mol. The molecule has 136 valence electrons. The van der Waals surface area contributed by atoms with E-state index in [9.17, 15) is 26.4 Å². The third kappa shape index (κ3) is 3.26. The molecule has 2 aromatic rings. The number of nitrogens with zero attached hydrogens (tertiary/aromatic N) is 2. The smallest absolute Gasteiger partial charge is 0.452 e. The van der Waals surface area contributed by atoms with Crippen LogP contribution in [-0.2, 0) is 21.0 Å². The van der Waals surface area contributed by atoms with Gasteiger partial charge in [-0.3, -0.25) is 4.79 Å². The number of halogens is 3. The molecule has 8 nitrogen and oxygen atoms in total. The number of hydrogen-bond donors (Lipinski definition) is 1. The highest BCUT2D eigenvalue weighted by Gasteiger charge is 2.37. The minimum Gasteiger partial charge on any atom is -0.458 e. The summed E-state index contributed by atoms with van der Waals surface area (Å²) in [5.74, 6) is -1.98. The molecule has 12 heteroatoms. The largest absolute Gasteiger partial charge is 0.458 e. The van der Waals surface area contributed by atoms with E-state index in [1.54, 1.807) is 0 Å². The first kappa shape index (κ1) is 17.5. The van der Waals surface area contributed by atoms with Crippen LogP contribution in [0, 0.1) is 6.92 Å². The maximum Gasteiger partial charge on any atom is 0.452 e. The normalized spacial score (nSPS) is 16.9. The summed E-state index contributed by atoms with van der Waals surface area (Å²) in [6.45, 7) is 1.26. The van der Waals surface area contributed by atoms with E-state index in [0.29, 0.717) is 6.07 Å². The highest BCUT2D eigenvalue weighted by molar-refractivity contribution is 7.89. The van der Waals surface area contributed by atoms with Gasteiger partial charge in [0.2, 0.25) is 21.7 Å². The lowest BCUT2D eigenvalue weighted by atomic mass is 10.3. The van der Waals surface area contributed by atoms with Crippen molar-refractivity contribution < 1.29 is 35.3 Å². The first-order valence-electron chi connectivity index (χ1n) is 7.00. The zero-order valence-corrected chi connectivity index (χ0v) is 13.6. The number of alkyl halides is 3. The van der Waals surface area contributed by atoms with Gasteiger partial charge in [-0.2, -0.15) is 17.5 Å². The zero-order chi connectivity index (χ0) is 18.4. The minimum atomic E-state index is -4.72. The Morgan fingerprint density at radius 2 is 2.04 bits per heavy atom. The Kier molecular flexibility index (Phi) is 4.11. The number of aryl methyl sites for hydroxylation is 1. The summed E-state index contributed by atoms with van der Waals surface area (Å²) in [7, 11) is -4.04. The number of furan rings is 1. The van der Waals surface area contributed by atoms with Crippen molar-refractivity contribution in [1.82, 2.24) is 14.8 Å². The highest BCUT2D eigenvalue weighted by atomic mass is 32.2. The van der Waals surface area contributed by atoms with Crippen LogP contribution in [0.4, 0.5) is 13.2 Å². The van der Waals surface area contributed by atoms with Crippen LogP contribution in [0.2, 0.25) is 0 Å². The fourth-order valence-electron chi connectivity index (χ4n) is 2.33. The van der Waals surface area contributed by atoms with E-state index >= 15 is 0 Å². The Hall–Kier alpha value is -2.34. The molecule has 0 atom stereocenters. The number of piperazine rings is 1. The van der Waals surface area contributed by atoms with Gasteiger partial charge in [0.05, 0.1) is 6.54 Å². The molecule has 1 saturated heterocycles. The molecule has 2 aromatic heterocycles. The van der Waals surface area contributed by atoms with Gasteiger partial charge in [-0.15, -0.1) is 0 Å². The molecular formula is C13H12F3N3O5S. The lowest BCUT2D eigenvalue weighted by molar-refractivity contribution is -0.155. The molecule has 0 aromatic carbocycles. The van der Waals surface area contributed by atoms with Crippen LogP contribution in [0.15, 0.2) is 26.0 Å². The number of rotatable bonds is 3. The molecule has 0 unspecified atom stereocenters. The predicted octanol–water partition coefficient (Wildman–Crippen LogP) is 1.38. The quantitative estimate of drug-likeness (QED) is 0.864. The number of sulfonamides is 1. The molecule has 1 aliphatic rings. The van der Waals surface area contributed by atoms with Gasteiger partial charge in [0, 0.05) is 25.2 Å². The van der Waals surface area contributed by atoms with E-state index in [4.69, 9.17) is 4.42 Å². The number of carbonyl (C=O) groups excluding carboxylic acids is 1. The minimum absolute atomic E-state index is 0.0301. The van der Waals surface area contributed by atoms with Crippen molar-refractivity contribution in [3.63, 3.8) is 0 Å². The average molecular weight is 379 g/mol. The van der Waals surface area contributed by atoms with Crippen LogP contribution in [0.3, 0.4) is 0 Å². The van der Waals surface area contributed by atoms with Gasteiger partial charge >= 0.3 is 6.18 Å². The standard InChI is InChI=1S/C13H12F3N3O5S/c1-7-10(25(21,22)19-3-2-17-12(20)6-19)5-9(23-7)8-4-11(24-18-8)13(14,15)16/h4-5H,2-3,6H2,1H3,(H,17,20). The number of aromatic nitrogens is 1. The maximum atomic E-state index is 12.6. The van der Waals surface area contributed by atoms with Gasteiger partial charge < -0.3 is 14.3 Å². The molecule has 1 fully saturated rings. The van der Waals surface area contributed by atoms with Crippen molar-refractivity contribution in [2.75, 3.05) is 19.6 Å². The summed E-state index contributed by atoms with van der Waals surface area (Å²) >= 11 is 0. The molecule has 1 amide bonds. The molecule has 0 aliphatic carbocycles. The summed E-state index contributed by atoms with van der Waals surface area (Å²) < 4.78 is 73.4. The molecule has 3 heterocycles. The van der Waals surface area contributed by atoms with Crippen LogP contribution in [0.5, 0.6) is 0 Å². The second-order valence-electron chi connectivity index (χ2n) is 5.29. The molecule has 25 heavy (non-hydrogen) atoms. The van der Waals surface area contributed by atoms with Crippen molar-refractivity contribution in [1.29, 1.82) is 0 Å². The van der Waals surface area contributed by atoms with Gasteiger partial charge in [-0.25, -0.2) is 8.42 Å². The Morgan fingerprint density at radius 3 is 2.64 bits per heavy atom. The van der Waals surface area contributed by atoms with E-state index in [0.717, 1.165) is 10.4 Å². The van der Waals surface area contributed by atoms with Gasteiger partial charge in [0.25, 0.3) is 0 Å². The van der Waals surface area contributed by atoms with Gasteiger partial charge in [-0.1, -0.05) is 5.16 Å². The Bertz CT molecular complexity index is 916. The number of nitrogens with one attached hydrogen (secondary N) is 1. The molecule has 1 N–H and O–H groups in total. The molecule has 1 aliphatic heterocycles. The zero-order valence-electron chi connectivity index (χ0n) is 12.8. The maximum absolute atomic E-state index is 12.6. The molecule has 3 rings (SSSR count). The number of hydrogen-bond acceptors (Lipinski definition) is 6. The van der Waals surface area contributed by atoms with Crippen molar-refractivity contribution in [2.45, 2.75) is 18.0 Å². The second kappa shape index (κ2) is 5.88. The van der Waals surface area contributed by atoms with E-state index in [1.807, 2.05) is 0 Å². The Labute approximate surface area is 139 Å². The van der Waals surface area contributed by atoms with Crippen LogP contribution >= 0.6 is 0 Å². The second-order valence-corrected chi connectivity index (χ2v) is 7.20. The van der Waals surface area contributed by atoms with Crippen molar-refractivity contribution in [2.24, 2.45) is 0 Å². The van der Waals surface area contributed by atoms with Gasteiger partial charge in [-0.05, 0) is 6.92 Å². The molecule has 0 bridgehead atoms. The summed E-state index contributed by atoms with van der Waals surface area (Å²) in [5.41, 5.74) is -0.284. The van der Waals surface area contributed by atoms with Crippen molar-refractivity contribution in [3.8, 4) is 11.5 Å². The molecule has 0 radical (unpaired) electrons. The first-order valence-corrected chi connectivity index (χ1v) is 8.44. The molecule has 0 saturated carbocycles. The fraction of sp³-hybridized carbons (Fsp3) is 0.385. The lowest BCUT2D eigenvalue weighted by Crippen LogP contribution is -2.49. The number of carbonyl (C=O) groups is 1. The van der Waals surface area contributed by atoms with E-state index < -0.39 is 27.9 Å². The summed E-state index contributed by atoms with van der Waals surface area (Å²) in [4.78, 5) is 11.1. The third-order valence-corrected chi connectivity index (χ3v) is 5.49. The SMILES string of the molecule is Cc1oc(-c2cc(C(F)(F)F)on2)cc1S(=O)(=O)N1CCNC(=O)C1. The highest BCUT2D eigenvalue weighted by Crippen LogP contribution is 2.34. The van der Waals surface area contributed by atoms with Crippen LogP contribution in [0.25, 0.3) is 11.5 Å².